The molecule has 3 nitrogen and oxygen atoms in total. The summed E-state index contributed by atoms with van der Waals surface area (Å²) in [6.07, 6.45) is 3.67. The van der Waals surface area contributed by atoms with Gasteiger partial charge in [0.25, 0.3) is 0 Å². The molecule has 0 aliphatic heterocycles. The van der Waals surface area contributed by atoms with Gasteiger partial charge in [-0.05, 0) is 46.1 Å². The molecule has 6 heteroatoms. The van der Waals surface area contributed by atoms with Crippen molar-refractivity contribution in [3.05, 3.63) is 57.5 Å². The fraction of sp³-hybridized carbons (Fsp3) is 0.267. The third-order valence-electron chi connectivity index (χ3n) is 3.12. The van der Waals surface area contributed by atoms with Crippen molar-refractivity contribution in [3.63, 3.8) is 0 Å². The summed E-state index contributed by atoms with van der Waals surface area (Å²) in [5.41, 5.74) is 7.02. The molecule has 0 saturated heterocycles. The largest absolute Gasteiger partial charge is 0.483 e. The molecule has 0 spiro atoms. The van der Waals surface area contributed by atoms with Crippen LogP contribution in [0.4, 0.5) is 4.39 Å². The molecule has 2 unspecified atom stereocenters. The van der Waals surface area contributed by atoms with Crippen LogP contribution in [0.3, 0.4) is 0 Å². The van der Waals surface area contributed by atoms with E-state index in [0.717, 1.165) is 12.0 Å². The number of ether oxygens (including phenoxy) is 1. The van der Waals surface area contributed by atoms with Crippen LogP contribution in [0.1, 0.15) is 25.0 Å². The van der Waals surface area contributed by atoms with Gasteiger partial charge in [0.15, 0.2) is 0 Å². The molecule has 1 aromatic heterocycles. The summed E-state index contributed by atoms with van der Waals surface area (Å²) in [5, 5.41) is 0.0366. The maximum atomic E-state index is 13.6. The van der Waals surface area contributed by atoms with E-state index in [4.69, 9.17) is 22.1 Å². The normalized spacial score (nSPS) is 13.8. The Hall–Kier alpha value is -1.17. The van der Waals surface area contributed by atoms with Gasteiger partial charge in [-0.2, -0.15) is 0 Å². The fourth-order valence-corrected chi connectivity index (χ4v) is 2.63. The Kier molecular flexibility index (Phi) is 5.56. The van der Waals surface area contributed by atoms with Crippen LogP contribution in [0, 0.1) is 5.82 Å². The van der Waals surface area contributed by atoms with Crippen LogP contribution < -0.4 is 10.5 Å². The average molecular weight is 374 g/mol. The van der Waals surface area contributed by atoms with Crippen LogP contribution in [-0.4, -0.2) is 11.0 Å². The first-order valence-electron chi connectivity index (χ1n) is 6.49. The number of benzene rings is 1. The third-order valence-corrected chi connectivity index (χ3v) is 4.03. The van der Waals surface area contributed by atoms with Gasteiger partial charge in [0.2, 0.25) is 0 Å². The second-order valence-corrected chi connectivity index (χ2v) is 5.85. The first kappa shape index (κ1) is 16.2. The molecular formula is C15H15BrClFN2O. The monoisotopic (exact) mass is 372 g/mol. The number of pyridine rings is 1. The molecule has 2 atom stereocenters. The molecular weight excluding hydrogens is 359 g/mol. The standard InChI is InChI=1S/C15H15BrClFN2O/c1-2-13(19)15(9-3-5-20-6-4-9)21-14-8-12(18)11(17)7-10(14)16/h3-8,13,15H,2,19H2,1H3. The summed E-state index contributed by atoms with van der Waals surface area (Å²) >= 11 is 9.06. The Bertz CT molecular complexity index is 612. The van der Waals surface area contributed by atoms with E-state index in [2.05, 4.69) is 20.9 Å². The maximum absolute atomic E-state index is 13.6. The molecule has 2 aromatic rings. The van der Waals surface area contributed by atoms with E-state index >= 15 is 0 Å². The SMILES string of the molecule is CCC(N)C(Oc1cc(F)c(Cl)cc1Br)c1ccncc1. The van der Waals surface area contributed by atoms with Crippen LogP contribution in [0.2, 0.25) is 5.02 Å². The summed E-state index contributed by atoms with van der Waals surface area (Å²) in [6.45, 7) is 1.97. The zero-order valence-corrected chi connectivity index (χ0v) is 13.7. The molecule has 0 saturated carbocycles. The van der Waals surface area contributed by atoms with Crippen LogP contribution in [-0.2, 0) is 0 Å². The molecule has 2 rings (SSSR count). The lowest BCUT2D eigenvalue weighted by Gasteiger charge is -2.25. The molecule has 2 N–H and O–H groups in total. The molecule has 1 aromatic carbocycles. The van der Waals surface area contributed by atoms with E-state index < -0.39 is 11.9 Å². The summed E-state index contributed by atoms with van der Waals surface area (Å²) in [4.78, 5) is 3.98. The first-order chi connectivity index (χ1) is 10.0. The molecule has 0 aliphatic carbocycles. The zero-order chi connectivity index (χ0) is 15.4. The maximum Gasteiger partial charge on any atom is 0.145 e. The second-order valence-electron chi connectivity index (χ2n) is 4.59. The summed E-state index contributed by atoms with van der Waals surface area (Å²) < 4.78 is 20.1. The topological polar surface area (TPSA) is 48.1 Å². The average Bonchev–Trinajstić information content (AvgIpc) is 2.49. The van der Waals surface area contributed by atoms with E-state index in [0.29, 0.717) is 10.2 Å². The van der Waals surface area contributed by atoms with E-state index in [1.807, 2.05) is 19.1 Å². The molecule has 112 valence electrons. The lowest BCUT2D eigenvalue weighted by molar-refractivity contribution is 0.169. The van der Waals surface area contributed by atoms with E-state index in [1.54, 1.807) is 12.4 Å². The van der Waals surface area contributed by atoms with Gasteiger partial charge >= 0.3 is 0 Å². The van der Waals surface area contributed by atoms with Gasteiger partial charge in [-0.1, -0.05) is 18.5 Å². The van der Waals surface area contributed by atoms with E-state index in [9.17, 15) is 4.39 Å². The van der Waals surface area contributed by atoms with Crippen molar-refractivity contribution in [1.82, 2.24) is 4.98 Å². The van der Waals surface area contributed by atoms with Crippen molar-refractivity contribution >= 4 is 27.5 Å². The Labute approximate surface area is 136 Å². The van der Waals surface area contributed by atoms with Crippen LogP contribution >= 0.6 is 27.5 Å². The Morgan fingerprint density at radius 1 is 1.38 bits per heavy atom. The van der Waals surface area contributed by atoms with Crippen LogP contribution in [0.25, 0.3) is 0 Å². The summed E-state index contributed by atoms with van der Waals surface area (Å²) in [7, 11) is 0. The molecule has 21 heavy (non-hydrogen) atoms. The number of halogens is 3. The molecule has 0 bridgehead atoms. The van der Waals surface area contributed by atoms with E-state index in [1.165, 1.54) is 12.1 Å². The van der Waals surface area contributed by atoms with Crippen molar-refractivity contribution in [1.29, 1.82) is 0 Å². The molecule has 0 radical (unpaired) electrons. The zero-order valence-electron chi connectivity index (χ0n) is 11.4. The van der Waals surface area contributed by atoms with Gasteiger partial charge in [0.05, 0.1) is 9.50 Å². The highest BCUT2D eigenvalue weighted by Crippen LogP contribution is 2.34. The summed E-state index contributed by atoms with van der Waals surface area (Å²) in [6, 6.07) is 6.16. The van der Waals surface area contributed by atoms with Crippen molar-refractivity contribution in [2.75, 3.05) is 0 Å². The van der Waals surface area contributed by atoms with Gasteiger partial charge < -0.3 is 10.5 Å². The number of hydrogen-bond donors (Lipinski definition) is 1. The predicted molar refractivity (Wildman–Crippen MR) is 85.0 cm³/mol. The number of rotatable bonds is 5. The Morgan fingerprint density at radius 2 is 2.05 bits per heavy atom. The van der Waals surface area contributed by atoms with Gasteiger partial charge in [0, 0.05) is 24.5 Å². The van der Waals surface area contributed by atoms with Gasteiger partial charge in [-0.15, -0.1) is 0 Å². The van der Waals surface area contributed by atoms with Crippen LogP contribution in [0.15, 0.2) is 41.1 Å². The van der Waals surface area contributed by atoms with Crippen molar-refractivity contribution in [2.45, 2.75) is 25.5 Å². The Balaban J connectivity index is 2.34. The second kappa shape index (κ2) is 7.20. The minimum Gasteiger partial charge on any atom is -0.483 e. The minimum atomic E-state index is -0.534. The highest BCUT2D eigenvalue weighted by atomic mass is 79.9. The van der Waals surface area contributed by atoms with Crippen molar-refractivity contribution in [2.24, 2.45) is 5.73 Å². The number of nitrogens with two attached hydrogens (primary N) is 1. The summed E-state index contributed by atoms with van der Waals surface area (Å²) in [5.74, 6) is -0.170. The highest BCUT2D eigenvalue weighted by Gasteiger charge is 2.22. The quantitative estimate of drug-likeness (QED) is 0.785. The number of nitrogens with zero attached hydrogens (tertiary/aromatic N) is 1. The Morgan fingerprint density at radius 3 is 2.67 bits per heavy atom. The van der Waals surface area contributed by atoms with Crippen LogP contribution in [0.5, 0.6) is 5.75 Å². The third kappa shape index (κ3) is 3.93. The first-order valence-corrected chi connectivity index (χ1v) is 7.66. The van der Waals surface area contributed by atoms with Crippen molar-refractivity contribution in [3.8, 4) is 5.75 Å². The molecule has 0 amide bonds. The van der Waals surface area contributed by atoms with E-state index in [-0.39, 0.29) is 11.1 Å². The molecule has 0 aliphatic rings. The molecule has 0 fully saturated rings. The van der Waals surface area contributed by atoms with Crippen molar-refractivity contribution < 1.29 is 9.13 Å². The van der Waals surface area contributed by atoms with Gasteiger partial charge in [-0.25, -0.2) is 4.39 Å². The smallest absolute Gasteiger partial charge is 0.145 e. The van der Waals surface area contributed by atoms with Gasteiger partial charge in [0.1, 0.15) is 17.7 Å². The number of aromatic nitrogens is 1. The fourth-order valence-electron chi connectivity index (χ4n) is 1.90. The minimum absolute atomic E-state index is 0.0366. The highest BCUT2D eigenvalue weighted by molar-refractivity contribution is 9.10. The predicted octanol–water partition coefficient (Wildman–Crippen LogP) is 4.49. The number of hydrogen-bond acceptors (Lipinski definition) is 3. The lowest BCUT2D eigenvalue weighted by atomic mass is 10.0. The lowest BCUT2D eigenvalue weighted by Crippen LogP contribution is -2.31. The van der Waals surface area contributed by atoms with Gasteiger partial charge in [-0.3, -0.25) is 4.98 Å². The molecule has 1 heterocycles.